The molecule has 2 heterocycles. The van der Waals surface area contributed by atoms with E-state index in [2.05, 4.69) is 53.8 Å². The number of amides is 1. The third kappa shape index (κ3) is 7.71. The molecule has 4 nitrogen and oxygen atoms in total. The molecule has 1 aromatic rings. The average Bonchev–Trinajstić information content (AvgIpc) is 2.77. The van der Waals surface area contributed by atoms with E-state index in [1.807, 2.05) is 52.2 Å². The summed E-state index contributed by atoms with van der Waals surface area (Å²) in [5.74, 6) is 0.837. The third-order valence-electron chi connectivity index (χ3n) is 5.63. The minimum absolute atomic E-state index is 0.282. The van der Waals surface area contributed by atoms with Crippen molar-refractivity contribution < 1.29 is 4.79 Å². The van der Waals surface area contributed by atoms with Crippen molar-refractivity contribution >= 4 is 5.91 Å². The van der Waals surface area contributed by atoms with E-state index >= 15 is 0 Å². The van der Waals surface area contributed by atoms with E-state index in [0.717, 1.165) is 32.5 Å². The molecule has 2 aliphatic rings. The lowest BCUT2D eigenvalue weighted by molar-refractivity contribution is -0.136. The Labute approximate surface area is 185 Å². The van der Waals surface area contributed by atoms with E-state index < -0.39 is 0 Å². The second-order valence-corrected chi connectivity index (χ2v) is 7.76. The van der Waals surface area contributed by atoms with Crippen molar-refractivity contribution in [3.05, 3.63) is 53.9 Å². The van der Waals surface area contributed by atoms with Gasteiger partial charge < -0.3 is 4.90 Å². The van der Waals surface area contributed by atoms with Gasteiger partial charge in [0.2, 0.25) is 5.91 Å². The first-order valence-electron chi connectivity index (χ1n) is 11.8. The highest BCUT2D eigenvalue weighted by atomic mass is 16.2. The highest BCUT2D eigenvalue weighted by molar-refractivity contribution is 5.76. The van der Waals surface area contributed by atoms with Gasteiger partial charge in [-0.15, -0.1) is 0 Å². The normalized spacial score (nSPS) is 23.5. The second-order valence-electron chi connectivity index (χ2n) is 7.76. The fraction of sp³-hybridized carbons (Fsp3) is 0.615. The summed E-state index contributed by atoms with van der Waals surface area (Å²) in [4.78, 5) is 21.3. The molecule has 1 saturated heterocycles. The van der Waals surface area contributed by atoms with Gasteiger partial charge in [-0.25, -0.2) is 0 Å². The Balaban J connectivity index is 0.00000106. The third-order valence-corrected chi connectivity index (χ3v) is 5.63. The highest BCUT2D eigenvalue weighted by Gasteiger charge is 2.32. The van der Waals surface area contributed by atoms with Gasteiger partial charge in [0.15, 0.2) is 0 Å². The molecule has 2 unspecified atom stereocenters. The molecule has 1 aromatic heterocycles. The molecule has 0 N–H and O–H groups in total. The number of hydrogen-bond acceptors (Lipinski definition) is 3. The van der Waals surface area contributed by atoms with Gasteiger partial charge in [0.1, 0.15) is 0 Å². The van der Waals surface area contributed by atoms with Crippen LogP contribution in [0.25, 0.3) is 0 Å². The number of carbonyl (C=O) groups excluding carboxylic acids is 1. The standard InChI is InChI=1S/C22H31N3O.2C2H6/c1-17-7-8-21(18(2)15-17)24-13-14-25(19(3)16-24)22(26)6-4-5-20-9-11-23-12-10-20;2*1-2/h7-12,15,18-19,21H,4-6,13-14,16H2,1-3H3;2*1-2H3/t18?,19-,21?;;/m0../s1. The van der Waals surface area contributed by atoms with Crippen molar-refractivity contribution in [3.63, 3.8) is 0 Å². The molecule has 3 rings (SSSR count). The largest absolute Gasteiger partial charge is 0.337 e. The first kappa shape index (κ1) is 26.1. The predicted molar refractivity (Wildman–Crippen MR) is 128 cm³/mol. The molecule has 0 saturated carbocycles. The van der Waals surface area contributed by atoms with Gasteiger partial charge >= 0.3 is 0 Å². The number of nitrogens with zero attached hydrogens (tertiary/aromatic N) is 3. The zero-order valence-electron chi connectivity index (χ0n) is 20.3. The molecule has 1 aliphatic carbocycles. The van der Waals surface area contributed by atoms with E-state index in [4.69, 9.17) is 0 Å². The number of allylic oxidation sites excluding steroid dienone is 2. The average molecular weight is 414 g/mol. The molecule has 0 bridgehead atoms. The Kier molecular flexibility index (Phi) is 12.3. The van der Waals surface area contributed by atoms with Crippen LogP contribution < -0.4 is 0 Å². The summed E-state index contributed by atoms with van der Waals surface area (Å²) < 4.78 is 0. The monoisotopic (exact) mass is 413 g/mol. The van der Waals surface area contributed by atoms with Gasteiger partial charge in [-0.2, -0.15) is 0 Å². The molecule has 0 radical (unpaired) electrons. The summed E-state index contributed by atoms with van der Waals surface area (Å²) in [6.07, 6.45) is 13.0. The topological polar surface area (TPSA) is 36.4 Å². The SMILES string of the molecule is CC.CC.CC1=CC(C)C(N2CCN(C(=O)CCCc3ccncc3)[C@@H](C)C2)C=C1. The minimum Gasteiger partial charge on any atom is -0.337 e. The molecule has 1 amide bonds. The fourth-order valence-electron chi connectivity index (χ4n) is 4.21. The van der Waals surface area contributed by atoms with E-state index in [0.29, 0.717) is 24.3 Å². The smallest absolute Gasteiger partial charge is 0.222 e. The minimum atomic E-state index is 0.282. The van der Waals surface area contributed by atoms with E-state index in [9.17, 15) is 4.79 Å². The van der Waals surface area contributed by atoms with E-state index in [-0.39, 0.29) is 6.04 Å². The Bertz CT molecular complexity index is 668. The van der Waals surface area contributed by atoms with Crippen LogP contribution in [0.2, 0.25) is 0 Å². The van der Waals surface area contributed by atoms with Crippen LogP contribution in [0.5, 0.6) is 0 Å². The molecule has 168 valence electrons. The lowest BCUT2D eigenvalue weighted by Gasteiger charge is -2.44. The summed E-state index contributed by atoms with van der Waals surface area (Å²) in [6, 6.07) is 4.80. The molecule has 0 aromatic carbocycles. The van der Waals surface area contributed by atoms with E-state index in [1.165, 1.54) is 11.1 Å². The number of hydrogen-bond donors (Lipinski definition) is 0. The van der Waals surface area contributed by atoms with Crippen LogP contribution in [-0.2, 0) is 11.2 Å². The Morgan fingerprint density at radius 3 is 2.37 bits per heavy atom. The van der Waals surface area contributed by atoms with Crippen LogP contribution in [-0.4, -0.2) is 52.4 Å². The number of rotatable bonds is 5. The zero-order valence-corrected chi connectivity index (χ0v) is 20.3. The highest BCUT2D eigenvalue weighted by Crippen LogP contribution is 2.24. The zero-order chi connectivity index (χ0) is 22.5. The van der Waals surface area contributed by atoms with Gasteiger partial charge in [-0.1, -0.05) is 58.4 Å². The summed E-state index contributed by atoms with van der Waals surface area (Å²) in [6.45, 7) is 17.4. The number of aryl methyl sites for hydroxylation is 1. The Morgan fingerprint density at radius 1 is 1.10 bits per heavy atom. The lowest BCUT2D eigenvalue weighted by atomic mass is 9.91. The lowest BCUT2D eigenvalue weighted by Crippen LogP contribution is -2.57. The van der Waals surface area contributed by atoms with Gasteiger partial charge in [-0.3, -0.25) is 14.7 Å². The van der Waals surface area contributed by atoms with Crippen LogP contribution in [0.15, 0.2) is 48.3 Å². The van der Waals surface area contributed by atoms with Crippen LogP contribution in [0, 0.1) is 5.92 Å². The van der Waals surface area contributed by atoms with Gasteiger partial charge in [-0.05, 0) is 50.3 Å². The fourth-order valence-corrected chi connectivity index (χ4v) is 4.21. The first-order chi connectivity index (χ1) is 14.5. The van der Waals surface area contributed by atoms with Crippen molar-refractivity contribution in [2.24, 2.45) is 5.92 Å². The van der Waals surface area contributed by atoms with Gasteiger partial charge in [0.25, 0.3) is 0 Å². The molecular formula is C26H43N3O. The Hall–Kier alpha value is -1.94. The summed E-state index contributed by atoms with van der Waals surface area (Å²) in [7, 11) is 0. The first-order valence-corrected chi connectivity index (χ1v) is 11.8. The molecule has 0 spiro atoms. The maximum Gasteiger partial charge on any atom is 0.222 e. The predicted octanol–water partition coefficient (Wildman–Crippen LogP) is 5.51. The maximum absolute atomic E-state index is 12.7. The molecule has 1 aliphatic heterocycles. The quantitative estimate of drug-likeness (QED) is 0.638. The Morgan fingerprint density at radius 2 is 1.77 bits per heavy atom. The number of piperazine rings is 1. The number of pyridine rings is 1. The van der Waals surface area contributed by atoms with Crippen molar-refractivity contribution in [2.45, 2.75) is 79.8 Å². The molecule has 1 fully saturated rings. The number of carbonyl (C=O) groups is 1. The van der Waals surface area contributed by atoms with Gasteiger partial charge in [0, 0.05) is 50.5 Å². The van der Waals surface area contributed by atoms with Gasteiger partial charge in [0.05, 0.1) is 0 Å². The second kappa shape index (κ2) is 14.1. The van der Waals surface area contributed by atoms with Crippen molar-refractivity contribution in [3.8, 4) is 0 Å². The number of aromatic nitrogens is 1. The van der Waals surface area contributed by atoms with Crippen LogP contribution in [0.1, 0.15) is 66.9 Å². The maximum atomic E-state index is 12.7. The summed E-state index contributed by atoms with van der Waals surface area (Å²) in [5.41, 5.74) is 2.61. The molecule has 3 atom stereocenters. The van der Waals surface area contributed by atoms with E-state index in [1.54, 1.807) is 0 Å². The van der Waals surface area contributed by atoms with Crippen LogP contribution in [0.3, 0.4) is 0 Å². The van der Waals surface area contributed by atoms with Crippen molar-refractivity contribution in [1.29, 1.82) is 0 Å². The van der Waals surface area contributed by atoms with Crippen molar-refractivity contribution in [1.82, 2.24) is 14.8 Å². The summed E-state index contributed by atoms with van der Waals surface area (Å²) in [5, 5.41) is 0. The van der Waals surface area contributed by atoms with Crippen LogP contribution >= 0.6 is 0 Å². The molecule has 4 heteroatoms. The van der Waals surface area contributed by atoms with Crippen molar-refractivity contribution in [2.75, 3.05) is 19.6 Å². The molecule has 30 heavy (non-hydrogen) atoms. The molecular weight excluding hydrogens is 370 g/mol. The summed E-state index contributed by atoms with van der Waals surface area (Å²) >= 11 is 0. The van der Waals surface area contributed by atoms with Crippen LogP contribution in [0.4, 0.5) is 0 Å².